The van der Waals surface area contributed by atoms with Crippen LogP contribution in [0.1, 0.15) is 89.4 Å². The molecule has 2 aromatic heterocycles. The van der Waals surface area contributed by atoms with Crippen molar-refractivity contribution >= 4 is 77.1 Å². The van der Waals surface area contributed by atoms with E-state index in [0.29, 0.717) is 12.8 Å². The maximum atomic E-state index is 14.0. The molecule has 0 aliphatic carbocycles. The predicted octanol–water partition coefficient (Wildman–Crippen LogP) is 8.04. The predicted molar refractivity (Wildman–Crippen MR) is 326 cm³/mol. The average molecular weight is 1200 g/mol. The van der Waals surface area contributed by atoms with Crippen LogP contribution >= 0.6 is 0 Å². The van der Waals surface area contributed by atoms with Gasteiger partial charge in [-0.05, 0) is 70.0 Å². The third-order valence-corrected chi connectivity index (χ3v) is 13.6. The van der Waals surface area contributed by atoms with Crippen molar-refractivity contribution in [3.8, 4) is 22.8 Å². The van der Waals surface area contributed by atoms with E-state index in [2.05, 4.69) is 173 Å². The van der Waals surface area contributed by atoms with Gasteiger partial charge < -0.3 is 37.8 Å². The van der Waals surface area contributed by atoms with Gasteiger partial charge in [-0.25, -0.2) is 29.3 Å². The average Bonchev–Trinajstić information content (AvgIpc) is 3.48. The van der Waals surface area contributed by atoms with Gasteiger partial charge in [-0.2, -0.15) is 8.78 Å². The first-order valence-corrected chi connectivity index (χ1v) is 27.4. The Balaban J connectivity index is 0.000000233. The molecule has 8 aromatic rings. The normalized spacial score (nSPS) is 13.1. The first-order valence-electron chi connectivity index (χ1n) is 27.4. The second-order valence-electron chi connectivity index (χ2n) is 22.1. The summed E-state index contributed by atoms with van der Waals surface area (Å²) in [5.41, 5.74) is 11.3. The molecule has 2 aliphatic heterocycles. The standard InChI is InChI=1S/C28H30FN5O2.C21H26N4.C7H4FNO3.C4H6O4.C2H3BO2.Na/c1-28(2,3)21-10-8-20(9-11-21)27-30-23-5-4-6-25(26(23)31-27)33-15-13-32(14-16-33)18-19-7-12-24(34(35)36)22(29)17-19;1-21(2,3)16-9-7-15(8-10-16)20-23-17-5-4-6-18(19(17)24-20)25-13-11-22-12-14-25;8-6-3-5(4-10)1-2-7(6)9(11)12;1-3(5)7-8-4(2)6;1-2(4)5-3;/h4-12,17H,13-16,18H2,1-3H3,(H,30,31);4-10,22H,11-14H2,1-3H3,(H,23,24);1-4H;1-2H3;1H3;/q;;;;-1;+1. The largest absolute Gasteiger partial charge is 1.00 e. The quantitative estimate of drug-likeness (QED) is 0.0406. The summed E-state index contributed by atoms with van der Waals surface area (Å²) in [6.07, 6.45) is 0.423. The van der Waals surface area contributed by atoms with Crippen LogP contribution in [0.3, 0.4) is 0 Å². The van der Waals surface area contributed by atoms with E-state index in [1.807, 2.05) is 6.07 Å². The molecule has 3 N–H and O–H groups in total. The number of para-hydroxylation sites is 2. The number of anilines is 2. The molecule has 2 aliphatic rings. The Morgan fingerprint density at radius 2 is 1.02 bits per heavy atom. The van der Waals surface area contributed by atoms with Gasteiger partial charge in [-0.3, -0.25) is 34.7 Å². The number of hydrogen-bond acceptors (Lipinski definition) is 17. The number of rotatable bonds is 9. The Hall–Kier alpha value is -8.42. The number of H-pyrrole nitrogens is 2. The summed E-state index contributed by atoms with van der Waals surface area (Å²) in [7, 11) is 4.32. The molecule has 87 heavy (non-hydrogen) atoms. The molecule has 25 heteroatoms. The van der Waals surface area contributed by atoms with Gasteiger partial charge in [-0.15, -0.1) is 0 Å². The molecule has 0 spiro atoms. The topological polar surface area (TPSA) is 261 Å². The smallest absolute Gasteiger partial charge is 0.793 e. The Kier molecular flexibility index (Phi) is 25.4. The van der Waals surface area contributed by atoms with Gasteiger partial charge in [0.05, 0.1) is 32.3 Å². The molecule has 6 aromatic carbocycles. The number of nitrogens with one attached hydrogen (secondary N) is 3. The van der Waals surface area contributed by atoms with Crippen molar-refractivity contribution in [3.05, 3.63) is 175 Å². The molecule has 10 rings (SSSR count). The van der Waals surface area contributed by atoms with Crippen LogP contribution in [0.5, 0.6) is 0 Å². The van der Waals surface area contributed by atoms with Crippen LogP contribution in [0.25, 0.3) is 44.8 Å². The van der Waals surface area contributed by atoms with Crippen molar-refractivity contribution in [2.45, 2.75) is 79.7 Å². The van der Waals surface area contributed by atoms with Crippen LogP contribution in [0.4, 0.5) is 31.5 Å². The summed E-state index contributed by atoms with van der Waals surface area (Å²) < 4.78 is 30.3. The van der Waals surface area contributed by atoms with Gasteiger partial charge in [0.2, 0.25) is 17.6 Å². The number of hydrogen-bond donors (Lipinski definition) is 3. The van der Waals surface area contributed by atoms with E-state index in [0.717, 1.165) is 134 Å². The summed E-state index contributed by atoms with van der Waals surface area (Å²) in [5.74, 6) is -1.73. The molecule has 0 saturated carbocycles. The van der Waals surface area contributed by atoms with Gasteiger partial charge in [0.25, 0.3) is 0 Å². The van der Waals surface area contributed by atoms with Gasteiger partial charge in [0.1, 0.15) is 29.0 Å². The second kappa shape index (κ2) is 31.8. The molecule has 21 nitrogen and oxygen atoms in total. The fraction of sp³-hybridized carbons (Fsp3) is 0.323. The van der Waals surface area contributed by atoms with Gasteiger partial charge in [0, 0.05) is 108 Å². The van der Waals surface area contributed by atoms with Crippen LogP contribution in [0.2, 0.25) is 0 Å². The van der Waals surface area contributed by atoms with E-state index >= 15 is 0 Å². The fourth-order valence-electron chi connectivity index (χ4n) is 9.04. The van der Waals surface area contributed by atoms with Gasteiger partial charge >= 0.3 is 52.9 Å². The molecule has 3 radical (unpaired) electrons. The molecule has 451 valence electrons. The molecule has 2 fully saturated rings. The van der Waals surface area contributed by atoms with Crippen molar-refractivity contribution in [2.75, 3.05) is 62.2 Å². The minimum atomic E-state index is -0.996. The molecule has 0 unspecified atom stereocenters. The first kappa shape index (κ1) is 69.4. The molecule has 0 atom stereocenters. The third kappa shape index (κ3) is 20.1. The Bertz CT molecular complexity index is 3640. The minimum absolute atomic E-state index is 0. The van der Waals surface area contributed by atoms with E-state index in [-0.39, 0.29) is 46.0 Å². The van der Waals surface area contributed by atoms with Crippen LogP contribution in [-0.2, 0) is 46.2 Å². The van der Waals surface area contributed by atoms with Crippen LogP contribution in [0, 0.1) is 31.9 Å². The van der Waals surface area contributed by atoms with E-state index in [1.54, 1.807) is 6.07 Å². The summed E-state index contributed by atoms with van der Waals surface area (Å²) in [6.45, 7) is 24.8. The van der Waals surface area contributed by atoms with Crippen molar-refractivity contribution in [1.29, 1.82) is 0 Å². The molecular weight excluding hydrogens is 1130 g/mol. The van der Waals surface area contributed by atoms with Crippen LogP contribution in [-0.4, -0.2) is 119 Å². The number of fused-ring (bicyclic) bond motifs is 2. The number of aromatic amines is 2. The van der Waals surface area contributed by atoms with Crippen LogP contribution < -0.4 is 44.7 Å². The Morgan fingerprint density at radius 1 is 0.609 bits per heavy atom. The van der Waals surface area contributed by atoms with E-state index in [4.69, 9.17) is 9.97 Å². The Morgan fingerprint density at radius 3 is 1.39 bits per heavy atom. The number of nitro groups is 2. The summed E-state index contributed by atoms with van der Waals surface area (Å²) >= 11 is 0. The van der Waals surface area contributed by atoms with Crippen molar-refractivity contribution in [3.63, 3.8) is 0 Å². The fourth-order valence-corrected chi connectivity index (χ4v) is 9.04. The number of aldehydes is 1. The number of carbonyl (C=O) groups excluding carboxylic acids is 4. The van der Waals surface area contributed by atoms with Crippen molar-refractivity contribution in [2.24, 2.45) is 0 Å². The SMILES string of the molecule is CC(=O)OOC(C)=O.CC(C)(C)c1ccc(-c2nc3c(N4CCN(Cc5ccc([N+](=O)[O-])c(F)c5)CC4)cccc3[nH]2)cc1.CC(C)(C)c1ccc(-c2nc3c(N4CCNCC4)cccc3[nH]2)cc1.O=Cc1ccc([N+](=O)[O-])c(F)c1.[B-]OC(C)=O.[Na+]. The molecular formula is C62H69BF2N10NaO11. The number of imidazole rings is 2. The second-order valence-corrected chi connectivity index (χ2v) is 22.1. The molecule has 0 amide bonds. The number of carbonyl (C=O) groups is 4. The van der Waals surface area contributed by atoms with Gasteiger partial charge in [-0.1, -0.05) is 108 Å². The first-order chi connectivity index (χ1) is 40.7. The molecule has 0 bridgehead atoms. The zero-order valence-corrected chi connectivity index (χ0v) is 52.4. The number of aromatic nitrogens is 4. The van der Waals surface area contributed by atoms with E-state index < -0.39 is 50.8 Å². The zero-order chi connectivity index (χ0) is 62.9. The number of halogens is 2. The van der Waals surface area contributed by atoms with E-state index in [1.165, 1.54) is 41.9 Å². The Labute approximate surface area is 526 Å². The summed E-state index contributed by atoms with van der Waals surface area (Å²) in [6, 6.07) is 37.1. The van der Waals surface area contributed by atoms with Crippen LogP contribution in [0.15, 0.2) is 121 Å². The summed E-state index contributed by atoms with van der Waals surface area (Å²) in [4.78, 5) is 90.2. The summed E-state index contributed by atoms with van der Waals surface area (Å²) in [5, 5.41) is 24.4. The third-order valence-electron chi connectivity index (χ3n) is 13.6. The number of piperazine rings is 2. The van der Waals surface area contributed by atoms with Crippen molar-refractivity contribution in [1.82, 2.24) is 30.2 Å². The number of nitro benzene ring substituents is 2. The minimum Gasteiger partial charge on any atom is -0.793 e. The van der Waals surface area contributed by atoms with Crippen molar-refractivity contribution < 1.29 is 81.8 Å². The van der Waals surface area contributed by atoms with E-state index in [9.17, 15) is 48.2 Å². The monoisotopic (exact) mass is 1200 g/mol. The zero-order valence-electron chi connectivity index (χ0n) is 50.4. The molecule has 2 saturated heterocycles. The number of nitrogens with zero attached hydrogens (tertiary/aromatic N) is 7. The maximum Gasteiger partial charge on any atom is 1.00 e. The maximum absolute atomic E-state index is 14.0. The molecule has 4 heterocycles. The number of benzene rings is 6. The van der Waals surface area contributed by atoms with Gasteiger partial charge in [0.15, 0.2) is 0 Å².